The van der Waals surface area contributed by atoms with Crippen LogP contribution in [0.5, 0.6) is 0 Å². The Morgan fingerprint density at radius 2 is 2.23 bits per heavy atom. The van der Waals surface area contributed by atoms with Crippen LogP contribution in [0.2, 0.25) is 0 Å². The number of thiol groups is 1. The van der Waals surface area contributed by atoms with Crippen LogP contribution in [0.25, 0.3) is 0 Å². The molecular weight excluding hydrogens is 233 g/mol. The number of carbonyl (C=O) groups is 1. The van der Waals surface area contributed by atoms with Gasteiger partial charge in [0, 0.05) is 14.2 Å². The van der Waals surface area contributed by atoms with Gasteiger partial charge in [0.25, 0.3) is 17.4 Å². The molecule has 0 radical (unpaired) electrons. The van der Waals surface area contributed by atoms with Crippen molar-refractivity contribution < 1.29 is 18.6 Å². The minimum atomic E-state index is -2.85. The molecule has 1 unspecified atom stereocenters. The van der Waals surface area contributed by atoms with Crippen LogP contribution >= 0.6 is 17.9 Å². The third kappa shape index (κ3) is 4.45. The average molecular weight is 241 g/mol. The van der Waals surface area contributed by atoms with Gasteiger partial charge < -0.3 is 14.4 Å². The third-order valence-corrected chi connectivity index (χ3v) is 3.24. The molecule has 1 atom stereocenters. The standard InChI is InChI=1S/C5H8NO4PS2/c1-6-5(8)4(3-7)10-11(12,13)9-2/h1-2H3,(H,6,8)(H,12,13). The van der Waals surface area contributed by atoms with Crippen LogP contribution < -0.4 is 5.32 Å². The van der Waals surface area contributed by atoms with Gasteiger partial charge in [-0.25, -0.2) is 4.79 Å². The molecule has 0 aliphatic heterocycles. The van der Waals surface area contributed by atoms with E-state index in [2.05, 4.69) is 22.1 Å². The molecular formula is C5H8NO4PS2. The number of carbonyl (C=O) groups excluding carboxylic acids is 2. The fourth-order valence-corrected chi connectivity index (χ4v) is 1.27. The quantitative estimate of drug-likeness (QED) is 0.243. The summed E-state index contributed by atoms with van der Waals surface area (Å²) in [5, 5.41) is 2.18. The minimum absolute atomic E-state index is 0.553. The van der Waals surface area contributed by atoms with Crippen LogP contribution in [0, 0.1) is 0 Å². The molecule has 0 aromatic heterocycles. The van der Waals surface area contributed by atoms with Gasteiger partial charge in [-0.15, -0.1) is 0 Å². The molecule has 0 spiro atoms. The van der Waals surface area contributed by atoms with Gasteiger partial charge in [0.1, 0.15) is 0 Å². The topological polar surface area (TPSA) is 64.6 Å². The molecule has 1 amide bonds. The molecule has 0 bridgehead atoms. The Hall–Kier alpha value is -0.320. The first kappa shape index (κ1) is 12.7. The molecule has 0 fully saturated rings. The minimum Gasteiger partial charge on any atom is -0.419 e. The summed E-state index contributed by atoms with van der Waals surface area (Å²) in [5.74, 6) is 0.0421. The lowest BCUT2D eigenvalue weighted by molar-refractivity contribution is -0.118. The Morgan fingerprint density at radius 1 is 1.69 bits per heavy atom. The van der Waals surface area contributed by atoms with Crippen LogP contribution in [-0.2, 0) is 30.4 Å². The summed E-state index contributed by atoms with van der Waals surface area (Å²) in [5.41, 5.74) is -2.85. The fourth-order valence-electron chi connectivity index (χ4n) is 0.373. The maximum atomic E-state index is 10.9. The van der Waals surface area contributed by atoms with Crippen molar-refractivity contribution in [3.05, 3.63) is 5.76 Å². The molecule has 74 valence electrons. The van der Waals surface area contributed by atoms with E-state index in [0.29, 0.717) is 0 Å². The van der Waals surface area contributed by atoms with E-state index in [-0.39, 0.29) is 0 Å². The van der Waals surface area contributed by atoms with Gasteiger partial charge in [-0.1, -0.05) is 12.2 Å². The van der Waals surface area contributed by atoms with Crippen molar-refractivity contribution in [1.82, 2.24) is 5.32 Å². The molecule has 8 heteroatoms. The summed E-state index contributed by atoms with van der Waals surface area (Å²) in [6.45, 7) is 0. The first-order valence-corrected chi connectivity index (χ1v) is 6.81. The van der Waals surface area contributed by atoms with Crippen molar-refractivity contribution in [3.8, 4) is 0 Å². The second-order valence-corrected chi connectivity index (χ2v) is 7.07. The first-order valence-electron chi connectivity index (χ1n) is 3.02. The van der Waals surface area contributed by atoms with Gasteiger partial charge >= 0.3 is 0 Å². The largest absolute Gasteiger partial charge is 0.419 e. The molecule has 0 saturated carbocycles. The molecule has 0 heterocycles. The lowest BCUT2D eigenvalue weighted by Crippen LogP contribution is -2.21. The lowest BCUT2D eigenvalue weighted by atomic mass is 10.5. The Balaban J connectivity index is 4.60. The summed E-state index contributed by atoms with van der Waals surface area (Å²) < 4.78 is 9.39. The summed E-state index contributed by atoms with van der Waals surface area (Å²) in [6, 6.07) is 0. The zero-order valence-electron chi connectivity index (χ0n) is 6.94. The molecule has 0 rings (SSSR count). The normalized spacial score (nSPS) is 13.8. The number of hydrogen-bond donors (Lipinski definition) is 2. The van der Waals surface area contributed by atoms with E-state index in [1.165, 1.54) is 20.1 Å². The van der Waals surface area contributed by atoms with Crippen LogP contribution in [0.1, 0.15) is 0 Å². The van der Waals surface area contributed by atoms with Gasteiger partial charge in [-0.05, 0) is 11.8 Å². The van der Waals surface area contributed by atoms with Crippen LogP contribution in [0.4, 0.5) is 0 Å². The number of likely N-dealkylation sites (N-methyl/N-ethyl adjacent to an activating group) is 1. The fraction of sp³-hybridized carbons (Fsp3) is 0.400. The van der Waals surface area contributed by atoms with E-state index >= 15 is 0 Å². The molecule has 1 N–H and O–H groups in total. The Labute approximate surface area is 85.8 Å². The van der Waals surface area contributed by atoms with Crippen molar-refractivity contribution in [2.24, 2.45) is 0 Å². The van der Waals surface area contributed by atoms with E-state index in [1.54, 1.807) is 0 Å². The third-order valence-electron chi connectivity index (χ3n) is 0.963. The Bertz CT molecular complexity index is 299. The average Bonchev–Trinajstić information content (AvgIpc) is 2.13. The van der Waals surface area contributed by atoms with E-state index in [0.717, 1.165) is 0 Å². The van der Waals surface area contributed by atoms with Gasteiger partial charge in [0.05, 0.1) is 0 Å². The lowest BCUT2D eigenvalue weighted by Gasteiger charge is -2.13. The zero-order valence-corrected chi connectivity index (χ0v) is 9.54. The monoisotopic (exact) mass is 241 g/mol. The predicted molar refractivity (Wildman–Crippen MR) is 54.6 cm³/mol. The van der Waals surface area contributed by atoms with E-state index in [9.17, 15) is 9.59 Å². The molecule has 0 aromatic carbocycles. The summed E-state index contributed by atoms with van der Waals surface area (Å²) in [7, 11) is 2.62. The van der Waals surface area contributed by atoms with E-state index < -0.39 is 17.4 Å². The second kappa shape index (κ2) is 5.42. The van der Waals surface area contributed by atoms with Crippen molar-refractivity contribution >= 4 is 41.6 Å². The molecule has 5 nitrogen and oxygen atoms in total. The van der Waals surface area contributed by atoms with Crippen molar-refractivity contribution in [3.63, 3.8) is 0 Å². The predicted octanol–water partition coefficient (Wildman–Crippen LogP) is 0.265. The Kier molecular flexibility index (Phi) is 5.29. The summed E-state index contributed by atoms with van der Waals surface area (Å²) >= 11 is 8.52. The SMILES string of the molecule is CNC(=O)C(=C=O)OP(=S)(S)OC. The number of hydrogen-bond acceptors (Lipinski definition) is 5. The second-order valence-electron chi connectivity index (χ2n) is 1.75. The molecule has 0 aromatic rings. The van der Waals surface area contributed by atoms with E-state index in [4.69, 9.17) is 16.3 Å². The molecule has 0 saturated heterocycles. The summed E-state index contributed by atoms with van der Waals surface area (Å²) in [6.07, 6.45) is 0. The highest BCUT2D eigenvalue weighted by Gasteiger charge is 2.19. The van der Waals surface area contributed by atoms with Crippen molar-refractivity contribution in [1.29, 1.82) is 0 Å². The van der Waals surface area contributed by atoms with Crippen LogP contribution in [0.3, 0.4) is 0 Å². The summed E-state index contributed by atoms with van der Waals surface area (Å²) in [4.78, 5) is 21.1. The maximum absolute atomic E-state index is 10.9. The molecule has 0 aliphatic rings. The highest BCUT2D eigenvalue weighted by molar-refractivity contribution is 8.60. The highest BCUT2D eigenvalue weighted by atomic mass is 32.9. The molecule has 13 heavy (non-hydrogen) atoms. The maximum Gasteiger partial charge on any atom is 0.298 e. The number of rotatable bonds is 4. The number of amides is 1. The number of nitrogens with one attached hydrogen (secondary N) is 1. The van der Waals surface area contributed by atoms with Gasteiger partial charge in [0.2, 0.25) is 0 Å². The van der Waals surface area contributed by atoms with Gasteiger partial charge in [-0.2, -0.15) is 0 Å². The highest BCUT2D eigenvalue weighted by Crippen LogP contribution is 2.53. The zero-order chi connectivity index (χ0) is 10.5. The van der Waals surface area contributed by atoms with Crippen LogP contribution in [0.15, 0.2) is 5.76 Å². The van der Waals surface area contributed by atoms with Gasteiger partial charge in [0.15, 0.2) is 5.94 Å². The van der Waals surface area contributed by atoms with Gasteiger partial charge in [-0.3, -0.25) is 4.79 Å². The molecule has 0 aliphatic carbocycles. The first-order chi connectivity index (χ1) is 5.96. The smallest absolute Gasteiger partial charge is 0.298 e. The Morgan fingerprint density at radius 3 is 2.54 bits per heavy atom. The van der Waals surface area contributed by atoms with Crippen LogP contribution in [-0.4, -0.2) is 26.0 Å². The van der Waals surface area contributed by atoms with Crippen molar-refractivity contribution in [2.45, 2.75) is 0 Å². The van der Waals surface area contributed by atoms with E-state index in [1.807, 2.05) is 0 Å². The van der Waals surface area contributed by atoms with Crippen molar-refractivity contribution in [2.75, 3.05) is 14.2 Å².